The van der Waals surface area contributed by atoms with E-state index in [9.17, 15) is 9.59 Å². The molecule has 1 aliphatic carbocycles. The number of benzene rings is 2. The van der Waals surface area contributed by atoms with Crippen molar-refractivity contribution in [3.05, 3.63) is 46.7 Å². The molecule has 1 saturated carbocycles. The van der Waals surface area contributed by atoms with E-state index in [1.807, 2.05) is 10.6 Å². The molecule has 10 heteroatoms. The lowest BCUT2D eigenvalue weighted by molar-refractivity contribution is -0.139. The van der Waals surface area contributed by atoms with Crippen LogP contribution in [0, 0.1) is 0 Å². The summed E-state index contributed by atoms with van der Waals surface area (Å²) in [6.45, 7) is 0.858. The number of nitrogens with one attached hydrogen (secondary N) is 1. The summed E-state index contributed by atoms with van der Waals surface area (Å²) in [5.41, 5.74) is 2.35. The van der Waals surface area contributed by atoms with Crippen molar-refractivity contribution in [3.63, 3.8) is 0 Å². The maximum Gasteiger partial charge on any atom is 0.320 e. The van der Waals surface area contributed by atoms with Gasteiger partial charge >= 0.3 is 11.9 Å². The van der Waals surface area contributed by atoms with Gasteiger partial charge in [0.05, 0.1) is 11.4 Å². The predicted octanol–water partition coefficient (Wildman–Crippen LogP) is 4.06. The quantitative estimate of drug-likeness (QED) is 0.418. The number of nitrogens with zero attached hydrogens (tertiary/aromatic N) is 3. The van der Waals surface area contributed by atoms with E-state index in [0.29, 0.717) is 15.8 Å². The Kier molecular flexibility index (Phi) is 7.12. The van der Waals surface area contributed by atoms with Crippen molar-refractivity contribution < 1.29 is 19.8 Å². The van der Waals surface area contributed by atoms with Gasteiger partial charge in [0.25, 0.3) is 0 Å². The fraction of sp³-hybridized carbons (Fsp3) is 0.364. The van der Waals surface area contributed by atoms with E-state index >= 15 is 0 Å². The first-order valence-corrected chi connectivity index (χ1v) is 12.2. The number of carbonyl (C=O) groups is 2. The number of halogens is 1. The molecule has 1 atom stereocenters. The van der Waals surface area contributed by atoms with Gasteiger partial charge in [-0.05, 0) is 71.1 Å². The molecular weight excluding hydrogens is 496 g/mol. The van der Waals surface area contributed by atoms with Crippen molar-refractivity contribution in [3.8, 4) is 5.69 Å². The van der Waals surface area contributed by atoms with Gasteiger partial charge in [-0.2, -0.15) is 0 Å². The Morgan fingerprint density at radius 1 is 1.09 bits per heavy atom. The van der Waals surface area contributed by atoms with Crippen molar-refractivity contribution in [2.24, 2.45) is 0 Å². The first-order valence-electron chi connectivity index (χ1n) is 10.4. The Labute approximate surface area is 197 Å². The van der Waals surface area contributed by atoms with Crippen molar-refractivity contribution in [2.45, 2.75) is 42.8 Å². The molecule has 2 aliphatic rings. The van der Waals surface area contributed by atoms with Gasteiger partial charge in [-0.25, -0.2) is 0 Å². The fourth-order valence-electron chi connectivity index (χ4n) is 3.82. The zero-order valence-electron chi connectivity index (χ0n) is 17.2. The Hall–Kier alpha value is -2.43. The summed E-state index contributed by atoms with van der Waals surface area (Å²) in [6.07, 6.45) is 4.28. The molecule has 3 N–H and O–H groups in total. The zero-order chi connectivity index (χ0) is 22.7. The highest BCUT2D eigenvalue weighted by Gasteiger charge is 2.26. The van der Waals surface area contributed by atoms with Crippen LogP contribution in [-0.2, 0) is 9.59 Å². The molecule has 0 bridgehead atoms. The van der Waals surface area contributed by atoms with Gasteiger partial charge in [0, 0.05) is 5.39 Å². The van der Waals surface area contributed by atoms with E-state index in [4.69, 9.17) is 10.2 Å². The van der Waals surface area contributed by atoms with E-state index in [0.717, 1.165) is 42.2 Å². The highest BCUT2D eigenvalue weighted by molar-refractivity contribution is 9.10. The number of carboxylic acid groups (broad SMARTS) is 2. The molecule has 0 radical (unpaired) electrons. The van der Waals surface area contributed by atoms with Crippen LogP contribution in [-0.4, -0.2) is 55.3 Å². The molecule has 1 saturated heterocycles. The van der Waals surface area contributed by atoms with E-state index in [1.165, 1.54) is 23.8 Å². The smallest absolute Gasteiger partial charge is 0.320 e. The number of hydrogen-bond donors (Lipinski definition) is 3. The van der Waals surface area contributed by atoms with E-state index in [-0.39, 0.29) is 11.8 Å². The number of thioether (sulfide) groups is 1. The molecule has 2 fully saturated rings. The summed E-state index contributed by atoms with van der Waals surface area (Å²) in [4.78, 5) is 21.0. The molecule has 5 rings (SSSR count). The minimum absolute atomic E-state index is 0.0524. The molecule has 0 amide bonds. The lowest BCUT2D eigenvalue weighted by atomic mass is 9.99. The summed E-state index contributed by atoms with van der Waals surface area (Å²) in [6, 6.07) is 12.3. The lowest BCUT2D eigenvalue weighted by Crippen LogP contribution is -2.29. The standard InChI is InChI=1S/C17H14BrN3O2S.C5H9NO2/c18-16-19-20-17(24-9-15(22)23)21(16)14-8-7-11(10-5-6-10)12-3-1-2-4-13(12)14;7-5(8)4-2-1-3-6-4/h1-4,7-8,10H,5-6,9H2,(H,22,23);4,6H,1-3H2,(H,7,8)/t;4-/m.0/s1. The van der Waals surface area contributed by atoms with Crippen LogP contribution < -0.4 is 5.32 Å². The maximum atomic E-state index is 10.9. The first-order chi connectivity index (χ1) is 15.5. The van der Waals surface area contributed by atoms with E-state index < -0.39 is 11.9 Å². The van der Waals surface area contributed by atoms with Gasteiger partial charge in [-0.1, -0.05) is 42.1 Å². The van der Waals surface area contributed by atoms with Gasteiger partial charge in [-0.3, -0.25) is 14.2 Å². The van der Waals surface area contributed by atoms with Crippen molar-refractivity contribution in [1.82, 2.24) is 20.1 Å². The summed E-state index contributed by atoms with van der Waals surface area (Å²) < 4.78 is 2.44. The molecule has 1 aliphatic heterocycles. The molecule has 0 spiro atoms. The Balaban J connectivity index is 0.000000260. The van der Waals surface area contributed by atoms with Crippen LogP contribution in [0.3, 0.4) is 0 Å². The second-order valence-corrected chi connectivity index (χ2v) is 9.40. The summed E-state index contributed by atoms with van der Waals surface area (Å²) in [5.74, 6) is -0.986. The van der Waals surface area contributed by atoms with Gasteiger partial charge in [0.1, 0.15) is 6.04 Å². The monoisotopic (exact) mass is 518 g/mol. The molecule has 32 heavy (non-hydrogen) atoms. The lowest BCUT2D eigenvalue weighted by Gasteiger charge is -2.13. The van der Waals surface area contributed by atoms with Crippen LogP contribution in [0.1, 0.15) is 37.2 Å². The summed E-state index contributed by atoms with van der Waals surface area (Å²) >= 11 is 4.60. The molecule has 2 heterocycles. The average Bonchev–Trinajstić information content (AvgIpc) is 3.33. The fourth-order valence-corrected chi connectivity index (χ4v) is 5.04. The van der Waals surface area contributed by atoms with E-state index in [1.54, 1.807) is 0 Å². The third-order valence-electron chi connectivity index (χ3n) is 5.47. The minimum atomic E-state index is -0.875. The van der Waals surface area contributed by atoms with Gasteiger partial charge in [0.15, 0.2) is 5.16 Å². The number of aliphatic carboxylic acids is 2. The average molecular weight is 519 g/mol. The highest BCUT2D eigenvalue weighted by atomic mass is 79.9. The van der Waals surface area contributed by atoms with Crippen LogP contribution in [0.5, 0.6) is 0 Å². The van der Waals surface area contributed by atoms with Crippen molar-refractivity contribution in [1.29, 1.82) is 0 Å². The van der Waals surface area contributed by atoms with Crippen LogP contribution >= 0.6 is 27.7 Å². The molecule has 8 nitrogen and oxygen atoms in total. The van der Waals surface area contributed by atoms with Crippen molar-refractivity contribution >= 4 is 50.4 Å². The SMILES string of the molecule is O=C(O)CSc1nnc(Br)n1-c1ccc(C2CC2)c2ccccc12.O=C(O)[C@@H]1CCCN1. The van der Waals surface area contributed by atoms with Crippen LogP contribution in [0.25, 0.3) is 16.5 Å². The normalized spacial score (nSPS) is 17.7. The number of rotatable bonds is 6. The van der Waals surface area contributed by atoms with Crippen LogP contribution in [0.15, 0.2) is 46.3 Å². The molecule has 168 valence electrons. The summed E-state index contributed by atoms with van der Waals surface area (Å²) in [7, 11) is 0. The third kappa shape index (κ3) is 5.13. The minimum Gasteiger partial charge on any atom is -0.481 e. The first kappa shape index (κ1) is 22.8. The molecule has 2 aromatic carbocycles. The summed E-state index contributed by atoms with van der Waals surface area (Å²) in [5, 5.41) is 31.2. The number of carboxylic acids is 2. The van der Waals surface area contributed by atoms with Crippen LogP contribution in [0.4, 0.5) is 0 Å². The Bertz CT molecular complexity index is 1140. The molecular formula is C22H23BrN4O4S. The largest absolute Gasteiger partial charge is 0.481 e. The second-order valence-electron chi connectivity index (χ2n) is 7.75. The number of aromatic nitrogens is 3. The number of hydrogen-bond acceptors (Lipinski definition) is 6. The van der Waals surface area contributed by atoms with E-state index in [2.05, 4.69) is 61.8 Å². The Morgan fingerprint density at radius 3 is 2.44 bits per heavy atom. The molecule has 3 aromatic rings. The van der Waals surface area contributed by atoms with Crippen LogP contribution in [0.2, 0.25) is 0 Å². The predicted molar refractivity (Wildman–Crippen MR) is 126 cm³/mol. The van der Waals surface area contributed by atoms with Gasteiger partial charge in [-0.15, -0.1) is 10.2 Å². The maximum absolute atomic E-state index is 10.9. The molecule has 0 unspecified atom stereocenters. The van der Waals surface area contributed by atoms with Gasteiger partial charge in [0.2, 0.25) is 4.73 Å². The topological polar surface area (TPSA) is 117 Å². The number of fused-ring (bicyclic) bond motifs is 1. The second kappa shape index (κ2) is 10.0. The van der Waals surface area contributed by atoms with Gasteiger partial charge < -0.3 is 15.5 Å². The van der Waals surface area contributed by atoms with Crippen molar-refractivity contribution in [2.75, 3.05) is 12.3 Å². The third-order valence-corrected chi connectivity index (χ3v) is 6.90. The highest BCUT2D eigenvalue weighted by Crippen LogP contribution is 2.44. The zero-order valence-corrected chi connectivity index (χ0v) is 19.6. The molecule has 1 aromatic heterocycles. The Morgan fingerprint density at radius 2 is 1.84 bits per heavy atom.